The number of aryl methyl sites for hydroxylation is 1. The van der Waals surface area contributed by atoms with E-state index in [1.54, 1.807) is 10.7 Å². The van der Waals surface area contributed by atoms with Crippen LogP contribution in [0.1, 0.15) is 30.7 Å². The van der Waals surface area contributed by atoms with Gasteiger partial charge in [0.05, 0.1) is 19.0 Å². The summed E-state index contributed by atoms with van der Waals surface area (Å²) in [5, 5.41) is 17.9. The zero-order chi connectivity index (χ0) is 13.8. The van der Waals surface area contributed by atoms with Crippen molar-refractivity contribution in [3.05, 3.63) is 41.5 Å². The molecule has 0 aliphatic rings. The Morgan fingerprint density at radius 2 is 2.26 bits per heavy atom. The van der Waals surface area contributed by atoms with Gasteiger partial charge >= 0.3 is 0 Å². The first-order valence-electron chi connectivity index (χ1n) is 6.07. The predicted octanol–water partition coefficient (Wildman–Crippen LogP) is 1.92. The summed E-state index contributed by atoms with van der Waals surface area (Å²) >= 11 is 0. The second kappa shape index (κ2) is 5.79. The van der Waals surface area contributed by atoms with Gasteiger partial charge in [0.25, 0.3) is 0 Å². The summed E-state index contributed by atoms with van der Waals surface area (Å²) in [6.07, 6.45) is 1.41. The molecule has 2 aromatic rings. The number of hydrogen-bond acceptors (Lipinski definition) is 4. The summed E-state index contributed by atoms with van der Waals surface area (Å²) in [5.74, 6) is -0.357. The number of aliphatic hydroxyl groups excluding tert-OH is 1. The van der Waals surface area contributed by atoms with Crippen molar-refractivity contribution in [2.75, 3.05) is 7.11 Å². The van der Waals surface area contributed by atoms with E-state index in [0.717, 1.165) is 6.42 Å². The lowest BCUT2D eigenvalue weighted by molar-refractivity contribution is 0.206. The van der Waals surface area contributed by atoms with Gasteiger partial charge in [0.2, 0.25) is 0 Å². The molecule has 2 rings (SSSR count). The van der Waals surface area contributed by atoms with Crippen molar-refractivity contribution in [3.63, 3.8) is 0 Å². The fraction of sp³-hybridized carbons (Fsp3) is 0.385. The Morgan fingerprint density at radius 1 is 1.47 bits per heavy atom. The van der Waals surface area contributed by atoms with E-state index in [9.17, 15) is 9.50 Å². The lowest BCUT2D eigenvalue weighted by atomic mass is 10.1. The summed E-state index contributed by atoms with van der Waals surface area (Å²) in [5.41, 5.74) is 0.990. The van der Waals surface area contributed by atoms with E-state index in [1.165, 1.54) is 25.4 Å². The van der Waals surface area contributed by atoms with Crippen LogP contribution in [0.2, 0.25) is 0 Å². The van der Waals surface area contributed by atoms with Gasteiger partial charge in [0.1, 0.15) is 6.10 Å². The van der Waals surface area contributed by atoms with Gasteiger partial charge in [-0.25, -0.2) is 9.07 Å². The van der Waals surface area contributed by atoms with Gasteiger partial charge in [-0.05, 0) is 24.1 Å². The highest BCUT2D eigenvalue weighted by Crippen LogP contribution is 2.25. The molecule has 0 aliphatic heterocycles. The second-order valence-corrected chi connectivity index (χ2v) is 4.18. The average molecular weight is 265 g/mol. The predicted molar refractivity (Wildman–Crippen MR) is 67.3 cm³/mol. The third-order valence-electron chi connectivity index (χ3n) is 2.85. The number of nitrogens with zero attached hydrogens (tertiary/aromatic N) is 3. The molecule has 0 fully saturated rings. The minimum atomic E-state index is -0.957. The van der Waals surface area contributed by atoms with Gasteiger partial charge in [-0.1, -0.05) is 18.2 Å². The first-order chi connectivity index (χ1) is 9.17. The Morgan fingerprint density at radius 3 is 2.89 bits per heavy atom. The Bertz CT molecular complexity index is 557. The van der Waals surface area contributed by atoms with Crippen LogP contribution in [-0.4, -0.2) is 27.2 Å². The van der Waals surface area contributed by atoms with Crippen LogP contribution in [0.3, 0.4) is 0 Å². The number of ether oxygens (including phenoxy) is 1. The molecule has 5 nitrogen and oxygen atoms in total. The first-order valence-corrected chi connectivity index (χ1v) is 6.07. The summed E-state index contributed by atoms with van der Waals surface area (Å²) < 4.78 is 20.1. The molecular weight excluding hydrogens is 249 g/mol. The van der Waals surface area contributed by atoms with E-state index < -0.39 is 11.9 Å². The van der Waals surface area contributed by atoms with Gasteiger partial charge in [0, 0.05) is 6.54 Å². The van der Waals surface area contributed by atoms with Crippen LogP contribution in [0.25, 0.3) is 0 Å². The van der Waals surface area contributed by atoms with E-state index in [0.29, 0.717) is 17.8 Å². The molecule has 6 heteroatoms. The highest BCUT2D eigenvalue weighted by molar-refractivity contribution is 5.33. The molecule has 1 unspecified atom stereocenters. The molecule has 1 atom stereocenters. The number of aromatic nitrogens is 3. The highest BCUT2D eigenvalue weighted by atomic mass is 19.1. The van der Waals surface area contributed by atoms with Gasteiger partial charge in [0.15, 0.2) is 11.6 Å². The zero-order valence-corrected chi connectivity index (χ0v) is 10.9. The molecule has 0 spiro atoms. The van der Waals surface area contributed by atoms with Crippen LogP contribution >= 0.6 is 0 Å². The van der Waals surface area contributed by atoms with E-state index >= 15 is 0 Å². The molecule has 0 bridgehead atoms. The number of rotatable bonds is 5. The zero-order valence-electron chi connectivity index (χ0n) is 10.9. The van der Waals surface area contributed by atoms with Gasteiger partial charge in [-0.3, -0.25) is 0 Å². The Kier molecular flexibility index (Phi) is 4.11. The van der Waals surface area contributed by atoms with E-state index in [4.69, 9.17) is 4.74 Å². The van der Waals surface area contributed by atoms with Crippen molar-refractivity contribution in [2.45, 2.75) is 26.0 Å². The highest BCUT2D eigenvalue weighted by Gasteiger charge is 2.17. The van der Waals surface area contributed by atoms with Crippen molar-refractivity contribution < 1.29 is 14.2 Å². The van der Waals surface area contributed by atoms with Crippen LogP contribution in [0.15, 0.2) is 24.4 Å². The number of halogens is 1. The molecule has 1 aromatic heterocycles. The Labute approximate surface area is 110 Å². The molecule has 1 N–H and O–H groups in total. The maximum Gasteiger partial charge on any atom is 0.165 e. The minimum absolute atomic E-state index is 0.149. The maximum atomic E-state index is 13.6. The molecule has 1 heterocycles. The number of methoxy groups -OCH3 is 1. The second-order valence-electron chi connectivity index (χ2n) is 4.18. The lowest BCUT2D eigenvalue weighted by Crippen LogP contribution is -2.10. The quantitative estimate of drug-likeness (QED) is 0.897. The number of hydrogen-bond donors (Lipinski definition) is 1. The van der Waals surface area contributed by atoms with Gasteiger partial charge in [-0.2, -0.15) is 0 Å². The van der Waals surface area contributed by atoms with Crippen LogP contribution in [-0.2, 0) is 6.54 Å². The van der Waals surface area contributed by atoms with Crippen LogP contribution < -0.4 is 4.74 Å². The molecule has 102 valence electrons. The summed E-state index contributed by atoms with van der Waals surface area (Å²) in [6, 6.07) is 4.37. The normalized spacial score (nSPS) is 12.4. The largest absolute Gasteiger partial charge is 0.494 e. The molecule has 0 saturated heterocycles. The van der Waals surface area contributed by atoms with Crippen molar-refractivity contribution in [3.8, 4) is 5.75 Å². The van der Waals surface area contributed by atoms with Crippen molar-refractivity contribution >= 4 is 0 Å². The fourth-order valence-electron chi connectivity index (χ4n) is 1.89. The van der Waals surface area contributed by atoms with Gasteiger partial charge in [-0.15, -0.1) is 5.10 Å². The standard InChI is InChI=1S/C13H16FN3O2/c1-3-6-17-11(8-15-16-17)13(18)9-4-5-12(19-2)10(14)7-9/h4-5,7-8,13,18H,3,6H2,1-2H3. The van der Waals surface area contributed by atoms with E-state index in [-0.39, 0.29) is 5.75 Å². The summed E-state index contributed by atoms with van der Waals surface area (Å²) in [6.45, 7) is 2.66. The Hall–Kier alpha value is -1.95. The monoisotopic (exact) mass is 265 g/mol. The molecular formula is C13H16FN3O2. The molecule has 0 amide bonds. The average Bonchev–Trinajstić information content (AvgIpc) is 2.86. The smallest absolute Gasteiger partial charge is 0.165 e. The maximum absolute atomic E-state index is 13.6. The molecule has 0 aliphatic carbocycles. The van der Waals surface area contributed by atoms with Crippen molar-refractivity contribution in [2.24, 2.45) is 0 Å². The van der Waals surface area contributed by atoms with E-state index in [2.05, 4.69) is 10.3 Å². The number of aliphatic hydroxyl groups is 1. The molecule has 0 saturated carbocycles. The third-order valence-corrected chi connectivity index (χ3v) is 2.85. The Balaban J connectivity index is 2.30. The van der Waals surface area contributed by atoms with Crippen LogP contribution in [0.4, 0.5) is 4.39 Å². The van der Waals surface area contributed by atoms with Gasteiger partial charge < -0.3 is 9.84 Å². The van der Waals surface area contributed by atoms with Crippen LogP contribution in [0.5, 0.6) is 5.75 Å². The minimum Gasteiger partial charge on any atom is -0.494 e. The SMILES string of the molecule is CCCn1nncc1C(O)c1ccc(OC)c(F)c1. The molecule has 0 radical (unpaired) electrons. The van der Waals surface area contributed by atoms with E-state index in [1.807, 2.05) is 6.92 Å². The van der Waals surface area contributed by atoms with Crippen LogP contribution in [0, 0.1) is 5.82 Å². The fourth-order valence-corrected chi connectivity index (χ4v) is 1.89. The molecule has 1 aromatic carbocycles. The topological polar surface area (TPSA) is 60.2 Å². The number of benzene rings is 1. The lowest BCUT2D eigenvalue weighted by Gasteiger charge is -2.13. The summed E-state index contributed by atoms with van der Waals surface area (Å²) in [4.78, 5) is 0. The van der Waals surface area contributed by atoms with Crippen molar-refractivity contribution in [1.29, 1.82) is 0 Å². The molecule has 19 heavy (non-hydrogen) atoms. The summed E-state index contributed by atoms with van der Waals surface area (Å²) in [7, 11) is 1.40. The first kappa shape index (κ1) is 13.5. The van der Waals surface area contributed by atoms with Crippen molar-refractivity contribution in [1.82, 2.24) is 15.0 Å². The third kappa shape index (κ3) is 2.73.